The van der Waals surface area contributed by atoms with Crippen molar-refractivity contribution in [3.63, 3.8) is 0 Å². The quantitative estimate of drug-likeness (QED) is 0.549. The number of likely N-dealkylation sites (tertiary alicyclic amines) is 1. The van der Waals surface area contributed by atoms with Crippen molar-refractivity contribution >= 4 is 29.2 Å². The van der Waals surface area contributed by atoms with Crippen molar-refractivity contribution in [3.05, 3.63) is 27.4 Å². The molecular weight excluding hydrogens is 412 g/mol. The number of aromatic nitrogens is 1. The summed E-state index contributed by atoms with van der Waals surface area (Å²) < 4.78 is 5.94. The first kappa shape index (κ1) is 19.8. The fraction of sp³-hybridized carbons (Fsp3) is 0.700. The molecule has 4 aliphatic carbocycles. The molecule has 6 rings (SSSR count). The Morgan fingerprint density at radius 1 is 1.37 bits per heavy atom. The minimum Gasteiger partial charge on any atom is -0.446 e. The van der Waals surface area contributed by atoms with Crippen LogP contribution in [0.5, 0.6) is 0 Å². The number of hydrogen-bond acceptors (Lipinski definition) is 7. The van der Waals surface area contributed by atoms with E-state index >= 15 is 0 Å². The molecule has 3 atom stereocenters. The maximum Gasteiger partial charge on any atom is 0.410 e. The van der Waals surface area contributed by atoms with E-state index in [9.17, 15) is 20.0 Å². The molecule has 1 amide bonds. The van der Waals surface area contributed by atoms with Gasteiger partial charge in [0.25, 0.3) is 0 Å². The molecule has 30 heavy (non-hydrogen) atoms. The van der Waals surface area contributed by atoms with E-state index in [0.717, 1.165) is 32.1 Å². The van der Waals surface area contributed by atoms with Crippen LogP contribution in [0.4, 0.5) is 16.3 Å². The summed E-state index contributed by atoms with van der Waals surface area (Å²) in [7, 11) is 0. The van der Waals surface area contributed by atoms with Gasteiger partial charge in [0.05, 0.1) is 15.5 Å². The SMILES string of the molecule is O=C(OC1C2CC3CC1CC(O)(C3)C2)N1CC[C@@H](Nc2ncc(Cl)cc2[N+](=O)[O-])C1. The monoisotopic (exact) mass is 436 g/mol. The van der Waals surface area contributed by atoms with Gasteiger partial charge in [-0.3, -0.25) is 10.1 Å². The fourth-order valence-electron chi connectivity index (χ4n) is 6.23. The number of carbonyl (C=O) groups is 1. The van der Waals surface area contributed by atoms with E-state index in [1.54, 1.807) is 4.90 Å². The molecule has 1 aromatic rings. The maximum atomic E-state index is 12.8. The normalized spacial score (nSPS) is 36.7. The van der Waals surface area contributed by atoms with Gasteiger partial charge in [0.2, 0.25) is 5.82 Å². The minimum absolute atomic E-state index is 0.111. The summed E-state index contributed by atoms with van der Waals surface area (Å²) in [5.74, 6) is 1.22. The third kappa shape index (κ3) is 3.58. The van der Waals surface area contributed by atoms with Crippen LogP contribution in [0.1, 0.15) is 38.5 Å². The zero-order chi connectivity index (χ0) is 21.0. The van der Waals surface area contributed by atoms with Crippen molar-refractivity contribution in [2.75, 3.05) is 18.4 Å². The molecular formula is C20H25ClN4O5. The van der Waals surface area contributed by atoms with E-state index in [1.165, 1.54) is 12.3 Å². The van der Waals surface area contributed by atoms with Gasteiger partial charge in [0.15, 0.2) is 0 Å². The van der Waals surface area contributed by atoms with Crippen LogP contribution in [0.2, 0.25) is 5.02 Å². The van der Waals surface area contributed by atoms with Crippen molar-refractivity contribution in [3.8, 4) is 0 Å². The van der Waals surface area contributed by atoms with Crippen LogP contribution in [-0.4, -0.2) is 56.8 Å². The van der Waals surface area contributed by atoms with Crippen molar-refractivity contribution < 1.29 is 19.6 Å². The van der Waals surface area contributed by atoms with Gasteiger partial charge in [-0.15, -0.1) is 0 Å². The highest BCUT2D eigenvalue weighted by atomic mass is 35.5. The number of halogens is 1. The van der Waals surface area contributed by atoms with Crippen LogP contribution in [-0.2, 0) is 4.74 Å². The fourth-order valence-corrected chi connectivity index (χ4v) is 6.39. The number of carbonyl (C=O) groups excluding carboxylic acids is 1. The van der Waals surface area contributed by atoms with Crippen molar-refractivity contribution in [1.29, 1.82) is 0 Å². The van der Waals surface area contributed by atoms with Crippen molar-refractivity contribution in [1.82, 2.24) is 9.88 Å². The Bertz CT molecular complexity index is 867. The number of nitrogens with one attached hydrogen (secondary N) is 1. The standard InChI is InChI=1S/C20H25ClN4O5/c21-14-5-16(25(28)29)18(22-9-14)23-15-1-2-24(10-15)19(26)30-17-12-3-11-4-13(17)8-20(27,6-11)7-12/h5,9,11-13,15,17,27H,1-4,6-8,10H2,(H,22,23)/t11?,12?,13?,15-,17?,20?/m1/s1. The molecule has 2 N–H and O–H groups in total. The van der Waals surface area contributed by atoms with Crippen LogP contribution < -0.4 is 5.32 Å². The molecule has 5 fully saturated rings. The zero-order valence-electron chi connectivity index (χ0n) is 16.5. The highest BCUT2D eigenvalue weighted by Gasteiger charge is 2.56. The Kier molecular flexibility index (Phi) is 4.77. The Morgan fingerprint density at radius 2 is 2.10 bits per heavy atom. The number of rotatable bonds is 4. The largest absolute Gasteiger partial charge is 0.446 e. The van der Waals surface area contributed by atoms with Gasteiger partial charge in [0.1, 0.15) is 6.10 Å². The second-order valence-corrected chi connectivity index (χ2v) is 9.83. The summed E-state index contributed by atoms with van der Waals surface area (Å²) in [5.41, 5.74) is -0.738. The second kappa shape index (κ2) is 7.23. The number of hydrogen-bond donors (Lipinski definition) is 2. The number of anilines is 1. The number of pyridine rings is 1. The molecule has 10 heteroatoms. The smallest absolute Gasteiger partial charge is 0.410 e. The lowest BCUT2D eigenvalue weighted by Crippen LogP contribution is -2.58. The molecule has 4 saturated carbocycles. The van der Waals surface area contributed by atoms with Crippen LogP contribution >= 0.6 is 11.6 Å². The molecule has 0 spiro atoms. The highest BCUT2D eigenvalue weighted by Crippen LogP contribution is 2.56. The van der Waals surface area contributed by atoms with Crippen LogP contribution in [0, 0.1) is 27.9 Å². The van der Waals surface area contributed by atoms with Crippen LogP contribution in [0.3, 0.4) is 0 Å². The summed E-state index contributed by atoms with van der Waals surface area (Å²) in [5, 5.41) is 25.2. The van der Waals surface area contributed by atoms with Gasteiger partial charge >= 0.3 is 11.8 Å². The Labute approximate surface area is 178 Å². The molecule has 5 aliphatic rings. The van der Waals surface area contributed by atoms with Crippen LogP contribution in [0.25, 0.3) is 0 Å². The first-order valence-electron chi connectivity index (χ1n) is 10.5. The number of aliphatic hydroxyl groups is 1. The maximum absolute atomic E-state index is 12.8. The molecule has 1 aromatic heterocycles. The third-order valence-electron chi connectivity index (χ3n) is 7.21. The lowest BCUT2D eigenvalue weighted by atomic mass is 9.53. The van der Waals surface area contributed by atoms with E-state index < -0.39 is 10.5 Å². The van der Waals surface area contributed by atoms with E-state index in [1.807, 2.05) is 0 Å². The summed E-state index contributed by atoms with van der Waals surface area (Å²) in [4.78, 5) is 29.2. The Hall–Kier alpha value is -2.13. The van der Waals surface area contributed by atoms with Crippen molar-refractivity contribution in [2.24, 2.45) is 17.8 Å². The number of nitro groups is 1. The van der Waals surface area contributed by atoms with Gasteiger partial charge in [-0.05, 0) is 56.3 Å². The molecule has 4 bridgehead atoms. The highest BCUT2D eigenvalue weighted by molar-refractivity contribution is 6.30. The second-order valence-electron chi connectivity index (χ2n) is 9.40. The molecule has 2 heterocycles. The Morgan fingerprint density at radius 3 is 2.77 bits per heavy atom. The van der Waals surface area contributed by atoms with Gasteiger partial charge in [-0.1, -0.05) is 11.6 Å². The first-order chi connectivity index (χ1) is 14.3. The van der Waals surface area contributed by atoms with E-state index in [4.69, 9.17) is 16.3 Å². The predicted molar refractivity (Wildman–Crippen MR) is 108 cm³/mol. The predicted octanol–water partition coefficient (Wildman–Crippen LogP) is 3.21. The molecule has 1 saturated heterocycles. The molecule has 1 aliphatic heterocycles. The lowest BCUT2D eigenvalue weighted by molar-refractivity contribution is -0.384. The Balaban J connectivity index is 1.20. The zero-order valence-corrected chi connectivity index (χ0v) is 17.3. The van der Waals surface area contributed by atoms with Crippen LogP contribution in [0.15, 0.2) is 12.3 Å². The average molecular weight is 437 g/mol. The summed E-state index contributed by atoms with van der Waals surface area (Å²) in [6.45, 7) is 0.918. The average Bonchev–Trinajstić information content (AvgIpc) is 3.13. The lowest BCUT2D eigenvalue weighted by Gasteiger charge is -2.57. The van der Waals surface area contributed by atoms with Gasteiger partial charge < -0.3 is 20.1 Å². The number of ether oxygens (including phenoxy) is 1. The minimum atomic E-state index is -0.553. The summed E-state index contributed by atoms with van der Waals surface area (Å²) in [6, 6.07) is 1.11. The number of amides is 1. The van der Waals surface area contributed by atoms with Gasteiger partial charge in [-0.2, -0.15) is 0 Å². The molecule has 9 nitrogen and oxygen atoms in total. The van der Waals surface area contributed by atoms with Crippen molar-refractivity contribution in [2.45, 2.75) is 56.3 Å². The molecule has 0 radical (unpaired) electrons. The summed E-state index contributed by atoms with van der Waals surface area (Å²) >= 11 is 5.82. The van der Waals surface area contributed by atoms with E-state index in [0.29, 0.717) is 25.4 Å². The van der Waals surface area contributed by atoms with E-state index in [-0.39, 0.29) is 46.6 Å². The van der Waals surface area contributed by atoms with Gasteiger partial charge in [0, 0.05) is 31.4 Å². The summed E-state index contributed by atoms with van der Waals surface area (Å²) in [6.07, 6.45) is 5.99. The van der Waals surface area contributed by atoms with E-state index in [2.05, 4.69) is 10.3 Å². The van der Waals surface area contributed by atoms with Gasteiger partial charge in [-0.25, -0.2) is 9.78 Å². The molecule has 0 aromatic carbocycles. The third-order valence-corrected chi connectivity index (χ3v) is 7.42. The molecule has 162 valence electrons. The first-order valence-corrected chi connectivity index (χ1v) is 10.9. The topological polar surface area (TPSA) is 118 Å². The number of nitrogens with zero attached hydrogens (tertiary/aromatic N) is 3. The molecule has 2 unspecified atom stereocenters.